The molecule has 1 aliphatic carbocycles. The van der Waals surface area contributed by atoms with Gasteiger partial charge in [0.05, 0.1) is 0 Å². The van der Waals surface area contributed by atoms with Gasteiger partial charge in [0.1, 0.15) is 0 Å². The van der Waals surface area contributed by atoms with Gasteiger partial charge in [0.15, 0.2) is 5.75 Å². The highest BCUT2D eigenvalue weighted by atomic mass is 16.3. The van der Waals surface area contributed by atoms with E-state index < -0.39 is 0 Å². The summed E-state index contributed by atoms with van der Waals surface area (Å²) in [6.45, 7) is 4.53. The second-order valence-electron chi connectivity index (χ2n) is 4.31. The normalized spacial score (nSPS) is 25.3. The molecule has 0 spiro atoms. The molecule has 1 aromatic carbocycles. The van der Waals surface area contributed by atoms with E-state index in [1.54, 1.807) is 12.1 Å². The maximum absolute atomic E-state index is 10.8. The summed E-state index contributed by atoms with van der Waals surface area (Å²) >= 11 is 0. The lowest BCUT2D eigenvalue weighted by Gasteiger charge is -2.02. The highest BCUT2D eigenvalue weighted by molar-refractivity contribution is 5.33. The summed E-state index contributed by atoms with van der Waals surface area (Å²) in [6, 6.07) is 7.23. The molecule has 0 amide bonds. The van der Waals surface area contributed by atoms with Crippen molar-refractivity contribution in [3.8, 4) is 5.75 Å². The van der Waals surface area contributed by atoms with E-state index in [0.717, 1.165) is 0 Å². The van der Waals surface area contributed by atoms with Crippen LogP contribution in [0.5, 0.6) is 5.75 Å². The third-order valence-electron chi connectivity index (χ3n) is 2.80. The lowest BCUT2D eigenvalue weighted by Crippen LogP contribution is -1.88. The van der Waals surface area contributed by atoms with E-state index in [1.807, 2.05) is 12.1 Å². The number of hydrogen-bond acceptors (Lipinski definition) is 0. The maximum Gasteiger partial charge on any atom is 0.178 e. The maximum atomic E-state index is 10.8. The van der Waals surface area contributed by atoms with Crippen molar-refractivity contribution < 1.29 is 5.11 Å². The van der Waals surface area contributed by atoms with Crippen molar-refractivity contribution in [2.45, 2.75) is 26.2 Å². The lowest BCUT2D eigenvalue weighted by atomic mass is 10.0. The fourth-order valence-electron chi connectivity index (χ4n) is 1.74. The summed E-state index contributed by atoms with van der Waals surface area (Å²) in [5, 5.41) is 10.8. The number of hydrogen-bond donors (Lipinski definition) is 0. The van der Waals surface area contributed by atoms with Gasteiger partial charge in [-0.25, -0.2) is 0 Å². The van der Waals surface area contributed by atoms with Gasteiger partial charge < -0.3 is 0 Å². The van der Waals surface area contributed by atoms with Crippen LogP contribution in [0.15, 0.2) is 24.3 Å². The topological polar surface area (TPSA) is 19.9 Å². The molecule has 1 atom stereocenters. The average molecular weight is 161 g/mol. The molecule has 0 aromatic heterocycles. The minimum Gasteiger partial charge on any atom is -0.290 e. The molecule has 1 saturated carbocycles. The number of rotatable bonds is 1. The summed E-state index contributed by atoms with van der Waals surface area (Å²) < 4.78 is 0. The number of benzene rings is 1. The van der Waals surface area contributed by atoms with Gasteiger partial charge in [-0.15, -0.1) is 0 Å². The minimum absolute atomic E-state index is 0.109. The molecule has 12 heavy (non-hydrogen) atoms. The molecule has 63 valence electrons. The van der Waals surface area contributed by atoms with Gasteiger partial charge in [-0.2, -0.15) is 0 Å². The zero-order chi connectivity index (χ0) is 8.77. The van der Waals surface area contributed by atoms with Crippen LogP contribution in [-0.4, -0.2) is 0 Å². The molecule has 0 aliphatic heterocycles. The standard InChI is InChI=1S/C11H13O/c1-11(2)7-10(11)8-3-5-9(12)6-4-8/h3-6,10H,7H2,1-2H3. The van der Waals surface area contributed by atoms with Gasteiger partial charge in [0, 0.05) is 0 Å². The van der Waals surface area contributed by atoms with E-state index in [9.17, 15) is 5.11 Å². The van der Waals surface area contributed by atoms with E-state index in [2.05, 4.69) is 13.8 Å². The molecule has 1 aliphatic rings. The SMILES string of the molecule is CC1(C)CC1c1ccc([O])cc1. The van der Waals surface area contributed by atoms with Crippen LogP contribution < -0.4 is 0 Å². The van der Waals surface area contributed by atoms with Gasteiger partial charge in [-0.3, -0.25) is 5.11 Å². The molecule has 0 N–H and O–H groups in total. The summed E-state index contributed by atoms with van der Waals surface area (Å²) in [4.78, 5) is 0. The molecule has 0 bridgehead atoms. The summed E-state index contributed by atoms with van der Waals surface area (Å²) in [5.74, 6) is 0.787. The molecule has 1 heteroatoms. The van der Waals surface area contributed by atoms with Crippen molar-refractivity contribution in [2.75, 3.05) is 0 Å². The first kappa shape index (κ1) is 7.66. The highest BCUT2D eigenvalue weighted by Crippen LogP contribution is 2.58. The first-order valence-electron chi connectivity index (χ1n) is 4.36. The second-order valence-corrected chi connectivity index (χ2v) is 4.31. The van der Waals surface area contributed by atoms with Crippen molar-refractivity contribution in [1.82, 2.24) is 0 Å². The van der Waals surface area contributed by atoms with E-state index in [0.29, 0.717) is 11.3 Å². The zero-order valence-corrected chi connectivity index (χ0v) is 7.50. The fourth-order valence-corrected chi connectivity index (χ4v) is 1.74. The Bertz CT molecular complexity index is 284. The third kappa shape index (κ3) is 1.20. The molecule has 1 fully saturated rings. The molecule has 0 heterocycles. The Labute approximate surface area is 73.0 Å². The molecule has 0 saturated heterocycles. The Morgan fingerprint density at radius 2 is 1.75 bits per heavy atom. The van der Waals surface area contributed by atoms with Gasteiger partial charge >= 0.3 is 0 Å². The lowest BCUT2D eigenvalue weighted by molar-refractivity contribution is 0.354. The Morgan fingerprint density at radius 1 is 1.25 bits per heavy atom. The molecular formula is C11H13O. The van der Waals surface area contributed by atoms with Gasteiger partial charge in [-0.05, 0) is 35.4 Å². The van der Waals surface area contributed by atoms with Crippen LogP contribution in [0.2, 0.25) is 0 Å². The molecule has 1 aromatic rings. The Hall–Kier alpha value is -0.980. The Kier molecular flexibility index (Phi) is 1.44. The Morgan fingerprint density at radius 3 is 2.17 bits per heavy atom. The van der Waals surface area contributed by atoms with Crippen LogP contribution in [0.1, 0.15) is 31.7 Å². The third-order valence-corrected chi connectivity index (χ3v) is 2.80. The van der Waals surface area contributed by atoms with Crippen LogP contribution in [0, 0.1) is 5.41 Å². The van der Waals surface area contributed by atoms with Crippen LogP contribution in [0.3, 0.4) is 0 Å². The molecule has 1 radical (unpaired) electrons. The molecular weight excluding hydrogens is 148 g/mol. The first-order valence-corrected chi connectivity index (χ1v) is 4.36. The second kappa shape index (κ2) is 2.25. The summed E-state index contributed by atoms with van der Waals surface area (Å²) in [6.07, 6.45) is 1.26. The highest BCUT2D eigenvalue weighted by Gasteiger charge is 2.46. The predicted octanol–water partition coefficient (Wildman–Crippen LogP) is 3.34. The monoisotopic (exact) mass is 161 g/mol. The van der Waals surface area contributed by atoms with Gasteiger partial charge in [0.25, 0.3) is 0 Å². The van der Waals surface area contributed by atoms with Crippen LogP contribution in [0.25, 0.3) is 0 Å². The fraction of sp³-hybridized carbons (Fsp3) is 0.455. The molecule has 1 unspecified atom stereocenters. The van der Waals surface area contributed by atoms with Crippen molar-refractivity contribution >= 4 is 0 Å². The van der Waals surface area contributed by atoms with Crippen molar-refractivity contribution in [2.24, 2.45) is 5.41 Å². The van der Waals surface area contributed by atoms with E-state index in [-0.39, 0.29) is 5.75 Å². The van der Waals surface area contributed by atoms with Crippen LogP contribution >= 0.6 is 0 Å². The molecule has 2 rings (SSSR count). The van der Waals surface area contributed by atoms with Gasteiger partial charge in [-0.1, -0.05) is 26.0 Å². The zero-order valence-electron chi connectivity index (χ0n) is 7.50. The Balaban J connectivity index is 2.21. The smallest absolute Gasteiger partial charge is 0.178 e. The largest absolute Gasteiger partial charge is 0.290 e. The van der Waals surface area contributed by atoms with Crippen LogP contribution in [-0.2, 0) is 5.11 Å². The van der Waals surface area contributed by atoms with E-state index >= 15 is 0 Å². The van der Waals surface area contributed by atoms with E-state index in [1.165, 1.54) is 12.0 Å². The quantitative estimate of drug-likeness (QED) is 0.602. The van der Waals surface area contributed by atoms with Crippen molar-refractivity contribution in [1.29, 1.82) is 0 Å². The molecule has 1 nitrogen and oxygen atoms in total. The average Bonchev–Trinajstić information content (AvgIpc) is 2.61. The first-order chi connectivity index (χ1) is 5.59. The van der Waals surface area contributed by atoms with Crippen molar-refractivity contribution in [3.63, 3.8) is 0 Å². The van der Waals surface area contributed by atoms with Crippen molar-refractivity contribution in [3.05, 3.63) is 29.8 Å². The van der Waals surface area contributed by atoms with Crippen LogP contribution in [0.4, 0.5) is 0 Å². The summed E-state index contributed by atoms with van der Waals surface area (Å²) in [5.41, 5.74) is 1.78. The van der Waals surface area contributed by atoms with Gasteiger partial charge in [0.2, 0.25) is 0 Å². The summed E-state index contributed by atoms with van der Waals surface area (Å²) in [7, 11) is 0. The predicted molar refractivity (Wildman–Crippen MR) is 47.7 cm³/mol. The minimum atomic E-state index is 0.109. The van der Waals surface area contributed by atoms with E-state index in [4.69, 9.17) is 0 Å².